The molecule has 0 unspecified atom stereocenters. The summed E-state index contributed by atoms with van der Waals surface area (Å²) in [6.07, 6.45) is 0. The first-order chi connectivity index (χ1) is 13.6. The van der Waals surface area contributed by atoms with Crippen LogP contribution in [0.4, 0.5) is 11.4 Å². The van der Waals surface area contributed by atoms with Crippen LogP contribution < -0.4 is 14.2 Å². The van der Waals surface area contributed by atoms with E-state index in [0.29, 0.717) is 10.6 Å². The van der Waals surface area contributed by atoms with E-state index in [9.17, 15) is 16.8 Å². The Morgan fingerprint density at radius 2 is 1.59 bits per heavy atom. The van der Waals surface area contributed by atoms with Crippen LogP contribution in [0.2, 0.25) is 0 Å². The molecule has 1 heterocycles. The summed E-state index contributed by atoms with van der Waals surface area (Å²) in [5.41, 5.74) is 0.432. The van der Waals surface area contributed by atoms with Crippen molar-refractivity contribution in [1.82, 2.24) is 0 Å². The van der Waals surface area contributed by atoms with Gasteiger partial charge in [-0.25, -0.2) is 16.8 Å². The lowest BCUT2D eigenvalue weighted by atomic mass is 10.3. The molecule has 154 valence electrons. The molecule has 29 heavy (non-hydrogen) atoms. The van der Waals surface area contributed by atoms with Crippen molar-refractivity contribution >= 4 is 42.8 Å². The fraction of sp³-hybridized carbons (Fsp3) is 0.158. The molecule has 0 aliphatic carbocycles. The average molecular weight is 453 g/mol. The van der Waals surface area contributed by atoms with Gasteiger partial charge in [0.1, 0.15) is 10.6 Å². The number of ether oxygens (including phenoxy) is 1. The highest BCUT2D eigenvalue weighted by atomic mass is 32.2. The molecule has 0 aliphatic rings. The lowest BCUT2D eigenvalue weighted by molar-refractivity contribution is 0.417. The van der Waals surface area contributed by atoms with E-state index in [4.69, 9.17) is 4.74 Å². The number of anilines is 2. The minimum Gasteiger partial charge on any atom is -0.495 e. The molecule has 0 fully saturated rings. The molecule has 7 nitrogen and oxygen atoms in total. The maximum absolute atomic E-state index is 12.8. The van der Waals surface area contributed by atoms with Crippen LogP contribution in [0.1, 0.15) is 9.75 Å². The fourth-order valence-electron chi connectivity index (χ4n) is 2.74. The SMILES string of the molecule is COc1ccccc1NS(=O)(=O)c1cccc(NS(=O)(=O)c2cc(C)sc2C)c1. The van der Waals surface area contributed by atoms with E-state index in [1.54, 1.807) is 37.3 Å². The zero-order valence-electron chi connectivity index (χ0n) is 16.0. The Balaban J connectivity index is 1.90. The Hall–Kier alpha value is -2.56. The first-order valence-corrected chi connectivity index (χ1v) is 12.3. The van der Waals surface area contributed by atoms with Gasteiger partial charge in [0.15, 0.2) is 0 Å². The maximum atomic E-state index is 12.8. The molecule has 0 radical (unpaired) electrons. The number of benzene rings is 2. The molecule has 0 saturated carbocycles. The number of para-hydroxylation sites is 2. The molecule has 0 atom stereocenters. The van der Waals surface area contributed by atoms with E-state index in [1.165, 1.54) is 42.7 Å². The highest BCUT2D eigenvalue weighted by Gasteiger charge is 2.21. The standard InChI is InChI=1S/C19H20N2O5S3/c1-13-11-19(14(2)27-13)29(24,25)20-15-7-6-8-16(12-15)28(22,23)21-17-9-4-5-10-18(17)26-3/h4-12,20-21H,1-3H3. The van der Waals surface area contributed by atoms with E-state index in [1.807, 2.05) is 6.92 Å². The molecule has 10 heteroatoms. The molecule has 2 N–H and O–H groups in total. The Bertz CT molecular complexity index is 1250. The number of sulfonamides is 2. The highest BCUT2D eigenvalue weighted by molar-refractivity contribution is 7.93. The van der Waals surface area contributed by atoms with E-state index in [-0.39, 0.29) is 21.2 Å². The Morgan fingerprint density at radius 1 is 0.862 bits per heavy atom. The Morgan fingerprint density at radius 3 is 2.24 bits per heavy atom. The second kappa shape index (κ2) is 8.05. The lowest BCUT2D eigenvalue weighted by Crippen LogP contribution is -2.16. The minimum atomic E-state index is -3.96. The van der Waals surface area contributed by atoms with Crippen molar-refractivity contribution in [2.75, 3.05) is 16.6 Å². The number of aryl methyl sites for hydroxylation is 2. The number of hydrogen-bond donors (Lipinski definition) is 2. The van der Waals surface area contributed by atoms with Gasteiger partial charge in [0.25, 0.3) is 20.0 Å². The molecule has 3 rings (SSSR count). The molecule has 0 saturated heterocycles. The normalized spacial score (nSPS) is 11.8. The number of nitrogens with one attached hydrogen (secondary N) is 2. The summed E-state index contributed by atoms with van der Waals surface area (Å²) in [5, 5.41) is 0. The van der Waals surface area contributed by atoms with Gasteiger partial charge >= 0.3 is 0 Å². The summed E-state index contributed by atoms with van der Waals surface area (Å²) in [6, 6.07) is 13.8. The van der Waals surface area contributed by atoms with Crippen LogP contribution in [-0.4, -0.2) is 23.9 Å². The van der Waals surface area contributed by atoms with Crippen LogP contribution in [0.25, 0.3) is 0 Å². The predicted octanol–water partition coefficient (Wildman–Crippen LogP) is 3.98. The van der Waals surface area contributed by atoms with Crippen LogP contribution in [0.3, 0.4) is 0 Å². The van der Waals surface area contributed by atoms with Gasteiger partial charge in [-0.15, -0.1) is 11.3 Å². The van der Waals surface area contributed by atoms with Gasteiger partial charge in [-0.05, 0) is 50.2 Å². The average Bonchev–Trinajstić information content (AvgIpc) is 3.01. The van der Waals surface area contributed by atoms with Crippen molar-refractivity contribution in [3.05, 3.63) is 64.4 Å². The summed E-state index contributed by atoms with van der Waals surface area (Å²) in [7, 11) is -6.34. The highest BCUT2D eigenvalue weighted by Crippen LogP contribution is 2.29. The summed E-state index contributed by atoms with van der Waals surface area (Å²) < 4.78 is 61.0. The van der Waals surface area contributed by atoms with Crippen molar-refractivity contribution in [1.29, 1.82) is 0 Å². The van der Waals surface area contributed by atoms with Gasteiger partial charge in [-0.1, -0.05) is 18.2 Å². The predicted molar refractivity (Wildman–Crippen MR) is 115 cm³/mol. The monoisotopic (exact) mass is 452 g/mol. The third-order valence-corrected chi connectivity index (χ3v) is 8.00. The van der Waals surface area contributed by atoms with Crippen molar-refractivity contribution in [3.63, 3.8) is 0 Å². The van der Waals surface area contributed by atoms with Crippen molar-refractivity contribution in [2.45, 2.75) is 23.6 Å². The Labute approximate surface area is 174 Å². The quantitative estimate of drug-likeness (QED) is 0.565. The van der Waals surface area contributed by atoms with Gasteiger partial charge in [-0.3, -0.25) is 9.44 Å². The first-order valence-electron chi connectivity index (χ1n) is 8.48. The van der Waals surface area contributed by atoms with Gasteiger partial charge in [-0.2, -0.15) is 0 Å². The minimum absolute atomic E-state index is 0.0816. The summed E-state index contributed by atoms with van der Waals surface area (Å²) >= 11 is 1.38. The molecule has 2 aromatic carbocycles. The molecule has 1 aromatic heterocycles. The molecular weight excluding hydrogens is 432 g/mol. The molecular formula is C19H20N2O5S3. The van der Waals surface area contributed by atoms with E-state index < -0.39 is 20.0 Å². The van der Waals surface area contributed by atoms with Crippen molar-refractivity contribution < 1.29 is 21.6 Å². The zero-order valence-corrected chi connectivity index (χ0v) is 18.4. The number of thiophene rings is 1. The molecule has 0 spiro atoms. The molecule has 0 bridgehead atoms. The first kappa shape index (κ1) is 21.2. The van der Waals surface area contributed by atoms with Crippen LogP contribution in [0.5, 0.6) is 5.75 Å². The zero-order chi connectivity index (χ0) is 21.2. The van der Waals surface area contributed by atoms with E-state index in [0.717, 1.165) is 4.88 Å². The fourth-order valence-corrected chi connectivity index (χ4v) is 6.47. The van der Waals surface area contributed by atoms with Crippen LogP contribution in [-0.2, 0) is 20.0 Å². The number of methoxy groups -OCH3 is 1. The van der Waals surface area contributed by atoms with Gasteiger partial charge < -0.3 is 4.74 Å². The van der Waals surface area contributed by atoms with Crippen LogP contribution in [0.15, 0.2) is 64.4 Å². The van der Waals surface area contributed by atoms with Crippen molar-refractivity contribution in [3.8, 4) is 5.75 Å². The molecule has 0 aliphatic heterocycles. The van der Waals surface area contributed by atoms with Gasteiger partial charge in [0.05, 0.1) is 23.4 Å². The summed E-state index contributed by atoms with van der Waals surface area (Å²) in [5.74, 6) is 0.372. The van der Waals surface area contributed by atoms with Gasteiger partial charge in [0, 0.05) is 9.75 Å². The smallest absolute Gasteiger partial charge is 0.262 e. The van der Waals surface area contributed by atoms with Crippen molar-refractivity contribution in [2.24, 2.45) is 0 Å². The molecule has 0 amide bonds. The van der Waals surface area contributed by atoms with Gasteiger partial charge in [0.2, 0.25) is 0 Å². The molecule has 3 aromatic rings. The second-order valence-corrected chi connectivity index (χ2v) is 11.0. The summed E-state index contributed by atoms with van der Waals surface area (Å²) in [6.45, 7) is 3.55. The van der Waals surface area contributed by atoms with Crippen LogP contribution in [0, 0.1) is 13.8 Å². The Kier molecular flexibility index (Phi) is 5.87. The van der Waals surface area contributed by atoms with E-state index in [2.05, 4.69) is 9.44 Å². The second-order valence-electron chi connectivity index (χ2n) is 6.22. The lowest BCUT2D eigenvalue weighted by Gasteiger charge is -2.13. The largest absolute Gasteiger partial charge is 0.495 e. The maximum Gasteiger partial charge on any atom is 0.262 e. The topological polar surface area (TPSA) is 102 Å². The van der Waals surface area contributed by atoms with E-state index >= 15 is 0 Å². The summed E-state index contributed by atoms with van der Waals surface area (Å²) in [4.78, 5) is 1.64. The third-order valence-electron chi connectivity index (χ3n) is 4.03. The number of rotatable bonds is 7. The number of hydrogen-bond acceptors (Lipinski definition) is 6. The third kappa shape index (κ3) is 4.72. The van der Waals surface area contributed by atoms with Crippen LogP contribution >= 0.6 is 11.3 Å².